The maximum absolute atomic E-state index is 0. The summed E-state index contributed by atoms with van der Waals surface area (Å²) in [5.41, 5.74) is 0. The third-order valence-electron chi connectivity index (χ3n) is 0. The minimum absolute atomic E-state index is 0. The molecule has 0 saturated heterocycles. The van der Waals surface area contributed by atoms with Crippen LogP contribution in [0.1, 0.15) is 2.85 Å². The van der Waals surface area contributed by atoms with Gasteiger partial charge in [0.15, 0.2) is 0 Å². The van der Waals surface area contributed by atoms with Crippen LogP contribution in [-0.2, 0) is 17.1 Å². The molecule has 0 fully saturated rings. The van der Waals surface area contributed by atoms with Crippen LogP contribution in [0.5, 0.6) is 0 Å². The minimum Gasteiger partial charge on any atom is -1.00 e. The zero-order chi connectivity index (χ0) is 0. The molecule has 0 bridgehead atoms. The Morgan fingerprint density at radius 3 is 1.25 bits per heavy atom. The number of rotatable bonds is 0. The molecule has 4 heavy (non-hydrogen) atoms. The normalized spacial score (nSPS) is 0. The molecule has 21 valence electrons. The monoisotopic (exact) mass is 143 g/mol. The van der Waals surface area contributed by atoms with Crippen LogP contribution >= 0.6 is 0 Å². The summed E-state index contributed by atoms with van der Waals surface area (Å²) in [4.78, 5) is 0. The topological polar surface area (TPSA) is 0 Å². The summed E-state index contributed by atoms with van der Waals surface area (Å²) in [5, 5.41) is 0. The summed E-state index contributed by atoms with van der Waals surface area (Å²) in [5.74, 6) is 0. The summed E-state index contributed by atoms with van der Waals surface area (Å²) in [6, 6.07) is 0. The first-order chi connectivity index (χ1) is 0. The Morgan fingerprint density at radius 2 is 1.25 bits per heavy atom. The molecule has 0 nitrogen and oxygen atoms in total. The zero-order valence-corrected chi connectivity index (χ0v) is 6.47. The van der Waals surface area contributed by atoms with Crippen LogP contribution in [0.25, 0.3) is 0 Å². The molecule has 0 unspecified atom stereocenters. The Kier molecular flexibility index (Phi) is 149. The Morgan fingerprint density at radius 1 is 1.25 bits per heavy atom. The molecule has 0 aliphatic heterocycles. The molecular formula is H2AlBCaCu. The van der Waals surface area contributed by atoms with Gasteiger partial charge < -0.3 is 2.85 Å². The van der Waals surface area contributed by atoms with Gasteiger partial charge >= 0.3 is 37.7 Å². The fourth-order valence-corrected chi connectivity index (χ4v) is 0. The van der Waals surface area contributed by atoms with Crippen LogP contribution in [-0.4, -0.2) is 63.5 Å². The second-order valence-electron chi connectivity index (χ2n) is 0. The first-order valence-electron chi connectivity index (χ1n) is 0. The van der Waals surface area contributed by atoms with Crippen molar-refractivity contribution >= 4 is 63.5 Å². The maximum atomic E-state index is 0. The van der Waals surface area contributed by atoms with Crippen LogP contribution in [0.2, 0.25) is 0 Å². The molecule has 0 aliphatic carbocycles. The molecule has 0 aromatic carbocycles. The van der Waals surface area contributed by atoms with Crippen molar-refractivity contribution in [3.8, 4) is 0 Å². The van der Waals surface area contributed by atoms with Crippen LogP contribution in [0, 0.1) is 0 Å². The second-order valence-corrected chi connectivity index (χ2v) is 0. The smallest absolute Gasteiger partial charge is 1.00 e. The van der Waals surface area contributed by atoms with Crippen LogP contribution in [0.3, 0.4) is 0 Å². The van der Waals surface area contributed by atoms with Gasteiger partial charge in [0.2, 0.25) is 0 Å². The van der Waals surface area contributed by atoms with E-state index >= 15 is 0 Å². The van der Waals surface area contributed by atoms with E-state index in [4.69, 9.17) is 0 Å². The molecule has 0 aromatic rings. The number of hydrogen-bond donors (Lipinski definition) is 0. The van der Waals surface area contributed by atoms with Crippen molar-refractivity contribution < 1.29 is 19.9 Å². The van der Waals surface area contributed by atoms with Crippen molar-refractivity contribution in [1.82, 2.24) is 0 Å². The average molecular weight is 143 g/mol. The van der Waals surface area contributed by atoms with E-state index in [0.717, 1.165) is 0 Å². The van der Waals surface area contributed by atoms with E-state index in [0.29, 0.717) is 0 Å². The molecule has 0 amide bonds. The van der Waals surface area contributed by atoms with Gasteiger partial charge in [-0.1, -0.05) is 0 Å². The fraction of sp³-hybridized carbons (Fsp3) is 0. The maximum Gasteiger partial charge on any atom is 2.00 e. The molecule has 0 aromatic heterocycles. The first-order valence-corrected chi connectivity index (χ1v) is 0. The van der Waals surface area contributed by atoms with Crippen LogP contribution < -0.4 is 0 Å². The van der Waals surface area contributed by atoms with E-state index in [1.165, 1.54) is 0 Å². The van der Waals surface area contributed by atoms with E-state index < -0.39 is 0 Å². The van der Waals surface area contributed by atoms with Crippen LogP contribution in [0.15, 0.2) is 0 Å². The Bertz CT molecular complexity index is 13.5. The zero-order valence-electron chi connectivity index (χ0n) is 4.16. The molecule has 0 rings (SSSR count). The van der Waals surface area contributed by atoms with Gasteiger partial charge in [-0.05, 0) is 0 Å². The minimum atomic E-state index is 0. The molecule has 0 heterocycles. The van der Waals surface area contributed by atoms with Gasteiger partial charge in [-0.25, -0.2) is 0 Å². The Hall–Kier alpha value is 2.38. The summed E-state index contributed by atoms with van der Waals surface area (Å²) in [6.45, 7) is 0. The third-order valence-corrected chi connectivity index (χ3v) is 0. The quantitative estimate of drug-likeness (QED) is 0.385. The first kappa shape index (κ1) is 32.6. The van der Waals surface area contributed by atoms with Crippen molar-refractivity contribution in [1.29, 1.82) is 0 Å². The largest absolute Gasteiger partial charge is 2.00 e. The van der Waals surface area contributed by atoms with E-state index in [2.05, 4.69) is 0 Å². The summed E-state index contributed by atoms with van der Waals surface area (Å²) < 4.78 is 0. The third kappa shape index (κ3) is 8.83. The van der Waals surface area contributed by atoms with Crippen molar-refractivity contribution in [3.63, 3.8) is 0 Å². The molecule has 7 radical (unpaired) electrons. The summed E-state index contributed by atoms with van der Waals surface area (Å²) >= 11 is 0. The van der Waals surface area contributed by atoms with Crippen molar-refractivity contribution in [2.24, 2.45) is 0 Å². The van der Waals surface area contributed by atoms with Crippen molar-refractivity contribution in [2.75, 3.05) is 0 Å². The molecule has 0 aliphatic rings. The molecule has 0 atom stereocenters. The number of hydrogen-bond acceptors (Lipinski definition) is 0. The van der Waals surface area contributed by atoms with Gasteiger partial charge in [0.25, 0.3) is 0 Å². The average Bonchev–Trinajstić information content (AvgIpc) is 0. The van der Waals surface area contributed by atoms with Gasteiger partial charge in [-0.3, -0.25) is 0 Å². The molecule has 0 saturated carbocycles. The summed E-state index contributed by atoms with van der Waals surface area (Å²) in [7, 11) is 0. The van der Waals surface area contributed by atoms with E-state index in [1.54, 1.807) is 0 Å². The predicted molar refractivity (Wildman–Crippen MR) is 19.5 cm³/mol. The van der Waals surface area contributed by atoms with Gasteiger partial charge in [-0.2, -0.15) is 0 Å². The van der Waals surface area contributed by atoms with Gasteiger partial charge in [0.1, 0.15) is 0 Å². The molecular weight excluding hydrogens is 141 g/mol. The molecule has 4 heteroatoms. The van der Waals surface area contributed by atoms with Crippen molar-refractivity contribution in [3.05, 3.63) is 0 Å². The Labute approximate surface area is 82.2 Å². The second kappa shape index (κ2) is 18.2. The Balaban J connectivity index is 0. The van der Waals surface area contributed by atoms with E-state index in [-0.39, 0.29) is 83.4 Å². The van der Waals surface area contributed by atoms with E-state index in [1.807, 2.05) is 0 Å². The SMILES string of the molecule is [Al].[B].[Ca+2].[Cu].[H-].[H-]. The molecule has 0 spiro atoms. The van der Waals surface area contributed by atoms with Crippen molar-refractivity contribution in [2.45, 2.75) is 0 Å². The fourth-order valence-electron chi connectivity index (χ4n) is 0. The predicted octanol–water partition coefficient (Wildman–Crippen LogP) is -0.920. The molecule has 0 N–H and O–H groups in total. The van der Waals surface area contributed by atoms with Gasteiger partial charge in [0, 0.05) is 42.8 Å². The van der Waals surface area contributed by atoms with E-state index in [9.17, 15) is 0 Å². The summed E-state index contributed by atoms with van der Waals surface area (Å²) in [6.07, 6.45) is 0. The van der Waals surface area contributed by atoms with Crippen LogP contribution in [0.4, 0.5) is 0 Å². The van der Waals surface area contributed by atoms with Gasteiger partial charge in [-0.15, -0.1) is 0 Å². The standard InChI is InChI=1S/Al.B.Ca.Cu.2H/q;;+2;;2*-1. The van der Waals surface area contributed by atoms with Gasteiger partial charge in [0.05, 0.1) is 0 Å².